The van der Waals surface area contributed by atoms with Crippen molar-refractivity contribution in [2.45, 2.75) is 0 Å². The Bertz CT molecular complexity index is 928. The summed E-state index contributed by atoms with van der Waals surface area (Å²) in [6, 6.07) is 7.38. The number of nitrogens with zero attached hydrogens (tertiary/aromatic N) is 5. The van der Waals surface area contributed by atoms with E-state index in [4.69, 9.17) is 51.7 Å². The average molecular weight is 417 g/mol. The topological polar surface area (TPSA) is 75.3 Å². The monoisotopic (exact) mass is 415 g/mol. The number of hydrogen-bond acceptors (Lipinski definition) is 5. The molecule has 0 unspecified atom stereocenters. The molecule has 0 saturated heterocycles. The molecule has 0 amide bonds. The lowest BCUT2D eigenvalue weighted by atomic mass is 10.1. The van der Waals surface area contributed by atoms with E-state index in [2.05, 4.69) is 19.9 Å². The van der Waals surface area contributed by atoms with E-state index in [-0.39, 0.29) is 27.0 Å². The number of benzene rings is 1. The van der Waals surface area contributed by atoms with Crippen molar-refractivity contribution in [3.8, 4) is 17.3 Å². The Balaban J connectivity index is 0.000000236. The van der Waals surface area contributed by atoms with Crippen molar-refractivity contribution < 1.29 is 4.39 Å². The zero-order chi connectivity index (χ0) is 18.4. The van der Waals surface area contributed by atoms with Gasteiger partial charge in [-0.05, 0) is 12.1 Å². The lowest BCUT2D eigenvalue weighted by Crippen LogP contribution is -1.92. The molecule has 0 spiro atoms. The minimum Gasteiger partial charge on any atom is -0.236 e. The first-order chi connectivity index (χ1) is 11.9. The fourth-order valence-corrected chi connectivity index (χ4v) is 2.35. The number of aromatic nitrogens is 4. The maximum absolute atomic E-state index is 13.8. The van der Waals surface area contributed by atoms with Crippen molar-refractivity contribution in [2.75, 3.05) is 0 Å². The summed E-state index contributed by atoms with van der Waals surface area (Å²) in [5, 5.41) is 9.58. The summed E-state index contributed by atoms with van der Waals surface area (Å²) >= 11 is 22.2. The molecule has 2 heterocycles. The molecule has 0 atom stereocenters. The molecule has 0 radical (unpaired) electrons. The van der Waals surface area contributed by atoms with Crippen LogP contribution in [0.2, 0.25) is 20.5 Å². The van der Waals surface area contributed by atoms with Gasteiger partial charge in [0.05, 0.1) is 22.3 Å². The van der Waals surface area contributed by atoms with Crippen LogP contribution in [0.3, 0.4) is 0 Å². The van der Waals surface area contributed by atoms with E-state index in [0.717, 1.165) is 0 Å². The average Bonchev–Trinajstić information content (AvgIpc) is 2.57. The van der Waals surface area contributed by atoms with Crippen LogP contribution in [0.15, 0.2) is 36.9 Å². The highest BCUT2D eigenvalue weighted by molar-refractivity contribution is 6.33. The molecule has 10 heteroatoms. The van der Waals surface area contributed by atoms with Gasteiger partial charge in [0.25, 0.3) is 0 Å². The fraction of sp³-hybridized carbons (Fsp3) is 0. The van der Waals surface area contributed by atoms with Crippen LogP contribution >= 0.6 is 46.4 Å². The summed E-state index contributed by atoms with van der Waals surface area (Å²) in [5.41, 5.74) is 0.654. The third-order valence-corrected chi connectivity index (χ3v) is 3.56. The molecular formula is C15H6Cl4FN5. The Labute approximate surface area is 162 Å². The molecule has 3 rings (SSSR count). The predicted octanol–water partition coefficient (Wildman–Crippen LogP) is 5.24. The van der Waals surface area contributed by atoms with Crippen molar-refractivity contribution >= 4 is 46.4 Å². The van der Waals surface area contributed by atoms with Gasteiger partial charge in [-0.3, -0.25) is 0 Å². The molecule has 25 heavy (non-hydrogen) atoms. The third-order valence-electron chi connectivity index (χ3n) is 2.67. The van der Waals surface area contributed by atoms with Crippen molar-refractivity contribution in [2.24, 2.45) is 0 Å². The summed E-state index contributed by atoms with van der Waals surface area (Å²) in [6.45, 7) is 0. The summed E-state index contributed by atoms with van der Waals surface area (Å²) in [4.78, 5) is 14.8. The number of rotatable bonds is 1. The first-order valence-electron chi connectivity index (χ1n) is 6.41. The molecule has 0 aliphatic carbocycles. The molecular weight excluding hydrogens is 411 g/mol. The van der Waals surface area contributed by atoms with E-state index in [1.165, 1.54) is 36.9 Å². The van der Waals surface area contributed by atoms with E-state index in [0.29, 0.717) is 10.3 Å². The van der Waals surface area contributed by atoms with Crippen molar-refractivity contribution in [1.82, 2.24) is 19.9 Å². The van der Waals surface area contributed by atoms with Gasteiger partial charge in [0.1, 0.15) is 28.1 Å². The highest BCUT2D eigenvalue weighted by atomic mass is 35.5. The van der Waals surface area contributed by atoms with Gasteiger partial charge in [-0.1, -0.05) is 46.4 Å². The molecule has 0 fully saturated rings. The lowest BCUT2D eigenvalue weighted by Gasteiger charge is -2.04. The number of hydrogen-bond donors (Lipinski definition) is 0. The predicted molar refractivity (Wildman–Crippen MR) is 94.2 cm³/mol. The molecule has 0 aliphatic rings. The van der Waals surface area contributed by atoms with Crippen LogP contribution in [-0.2, 0) is 0 Å². The number of halogens is 5. The highest BCUT2D eigenvalue weighted by Gasteiger charge is 2.12. The molecule has 0 N–H and O–H groups in total. The fourth-order valence-electron chi connectivity index (χ4n) is 1.63. The Kier molecular flexibility index (Phi) is 6.85. The van der Waals surface area contributed by atoms with Gasteiger partial charge >= 0.3 is 0 Å². The van der Waals surface area contributed by atoms with E-state index in [1.807, 2.05) is 6.07 Å². The molecule has 3 aromatic rings. The maximum atomic E-state index is 13.8. The maximum Gasteiger partial charge on any atom is 0.151 e. The summed E-state index contributed by atoms with van der Waals surface area (Å²) < 4.78 is 13.8. The molecule has 0 saturated carbocycles. The molecule has 0 bridgehead atoms. The second kappa shape index (κ2) is 8.88. The van der Waals surface area contributed by atoms with Crippen LogP contribution in [0.5, 0.6) is 0 Å². The molecule has 0 aliphatic heterocycles. The smallest absolute Gasteiger partial charge is 0.151 e. The zero-order valence-electron chi connectivity index (χ0n) is 12.1. The molecule has 5 nitrogen and oxygen atoms in total. The van der Waals surface area contributed by atoms with E-state index in [1.54, 1.807) is 0 Å². The van der Waals surface area contributed by atoms with Gasteiger partial charge in [0.2, 0.25) is 0 Å². The third kappa shape index (κ3) is 5.48. The van der Waals surface area contributed by atoms with Crippen LogP contribution in [0.1, 0.15) is 5.56 Å². The van der Waals surface area contributed by atoms with Gasteiger partial charge in [-0.15, -0.1) is 0 Å². The molecule has 126 valence electrons. The van der Waals surface area contributed by atoms with Gasteiger partial charge in [-0.2, -0.15) is 5.26 Å². The van der Waals surface area contributed by atoms with Crippen molar-refractivity contribution in [3.05, 3.63) is 68.8 Å². The Hall–Kier alpha value is -2.04. The molecule has 2 aromatic heterocycles. The summed E-state index contributed by atoms with van der Waals surface area (Å²) in [6.07, 6.45) is 2.52. The highest BCUT2D eigenvalue weighted by Crippen LogP contribution is 2.28. The largest absolute Gasteiger partial charge is 0.236 e. The van der Waals surface area contributed by atoms with Gasteiger partial charge in [0.15, 0.2) is 5.82 Å². The summed E-state index contributed by atoms with van der Waals surface area (Å²) in [7, 11) is 0. The summed E-state index contributed by atoms with van der Waals surface area (Å²) in [5.74, 6) is -0.638. The van der Waals surface area contributed by atoms with Crippen molar-refractivity contribution in [1.29, 1.82) is 5.26 Å². The SMILES string of the molecule is Clc1cc(Cl)ncn1.N#Cc1cc(Cl)c(F)c(-c2cc(Cl)ncn2)c1. The van der Waals surface area contributed by atoms with Crippen LogP contribution in [0, 0.1) is 17.1 Å². The Morgan fingerprint density at radius 3 is 1.84 bits per heavy atom. The first kappa shape index (κ1) is 19.3. The molecule has 1 aromatic carbocycles. The Morgan fingerprint density at radius 2 is 1.36 bits per heavy atom. The standard InChI is InChI=1S/C11H4Cl2FN3.C4H2Cl2N2/c12-8-2-6(4-15)1-7(11(8)14)9-3-10(13)17-5-16-9;5-3-1-4(6)8-2-7-3/h1-3,5H;1-2H. The van der Waals surface area contributed by atoms with E-state index in [9.17, 15) is 4.39 Å². The Morgan fingerprint density at radius 1 is 0.800 bits per heavy atom. The minimum absolute atomic E-state index is 0.123. The second-order valence-electron chi connectivity index (χ2n) is 4.32. The quantitative estimate of drug-likeness (QED) is 0.506. The van der Waals surface area contributed by atoms with Crippen molar-refractivity contribution in [3.63, 3.8) is 0 Å². The second-order valence-corrected chi connectivity index (χ2v) is 5.89. The normalized spacial score (nSPS) is 9.76. The van der Waals surface area contributed by atoms with Crippen LogP contribution in [0.4, 0.5) is 4.39 Å². The van der Waals surface area contributed by atoms with Crippen LogP contribution in [0.25, 0.3) is 11.3 Å². The number of nitriles is 1. The minimum atomic E-state index is -0.638. The van der Waals surface area contributed by atoms with E-state index < -0.39 is 5.82 Å². The van der Waals surface area contributed by atoms with Crippen LogP contribution < -0.4 is 0 Å². The van der Waals surface area contributed by atoms with Crippen LogP contribution in [-0.4, -0.2) is 19.9 Å². The van der Waals surface area contributed by atoms with Gasteiger partial charge < -0.3 is 0 Å². The van der Waals surface area contributed by atoms with Gasteiger partial charge in [-0.25, -0.2) is 24.3 Å². The van der Waals surface area contributed by atoms with Gasteiger partial charge in [0, 0.05) is 17.7 Å². The van der Waals surface area contributed by atoms with E-state index >= 15 is 0 Å². The lowest BCUT2D eigenvalue weighted by molar-refractivity contribution is 0.631. The first-order valence-corrected chi connectivity index (χ1v) is 7.92. The zero-order valence-corrected chi connectivity index (χ0v) is 15.1.